The topological polar surface area (TPSA) is 31.2 Å². The Morgan fingerprint density at radius 1 is 1.30 bits per heavy atom. The number of aromatic nitrogens is 1. The molecule has 0 N–H and O–H groups in total. The molecule has 0 radical (unpaired) electrons. The number of methoxy groups -OCH3 is 1. The highest BCUT2D eigenvalue weighted by Gasteiger charge is 2.16. The Bertz CT molecular complexity index is 901. The van der Waals surface area contributed by atoms with E-state index in [0.717, 1.165) is 16.5 Å². The number of hydrogen-bond acceptors (Lipinski definition) is 2. The molecule has 23 heavy (non-hydrogen) atoms. The van der Waals surface area contributed by atoms with E-state index in [2.05, 4.69) is 4.74 Å². The third-order valence-corrected chi connectivity index (χ3v) is 4.06. The van der Waals surface area contributed by atoms with Crippen molar-refractivity contribution in [2.45, 2.75) is 13.5 Å². The van der Waals surface area contributed by atoms with E-state index in [1.54, 1.807) is 12.1 Å². The van der Waals surface area contributed by atoms with E-state index >= 15 is 0 Å². The number of ether oxygens (including phenoxy) is 1. The van der Waals surface area contributed by atoms with Gasteiger partial charge >= 0.3 is 5.97 Å². The van der Waals surface area contributed by atoms with Gasteiger partial charge in [0.2, 0.25) is 0 Å². The van der Waals surface area contributed by atoms with E-state index in [-0.39, 0.29) is 5.56 Å². The summed E-state index contributed by atoms with van der Waals surface area (Å²) < 4.78 is 21.1. The number of carbonyl (C=O) groups is 1. The number of nitrogens with zero attached hydrogens (tertiary/aromatic N) is 1. The molecule has 3 aromatic rings. The molecule has 0 atom stereocenters. The minimum atomic E-state index is -0.676. The van der Waals surface area contributed by atoms with Crippen LogP contribution in [0.25, 0.3) is 10.9 Å². The van der Waals surface area contributed by atoms with Gasteiger partial charge in [-0.3, -0.25) is 0 Å². The predicted molar refractivity (Wildman–Crippen MR) is 88.5 cm³/mol. The molecule has 0 saturated carbocycles. The molecule has 0 saturated heterocycles. The van der Waals surface area contributed by atoms with Crippen molar-refractivity contribution >= 4 is 28.5 Å². The lowest BCUT2D eigenvalue weighted by atomic mass is 10.1. The van der Waals surface area contributed by atoms with Crippen molar-refractivity contribution in [3.63, 3.8) is 0 Å². The van der Waals surface area contributed by atoms with Gasteiger partial charge in [-0.25, -0.2) is 9.18 Å². The smallest absolute Gasteiger partial charge is 0.340 e. The maximum absolute atomic E-state index is 14.5. The summed E-state index contributed by atoms with van der Waals surface area (Å²) in [5, 5.41) is 1.67. The molecule has 0 fully saturated rings. The fraction of sp³-hybridized carbons (Fsp3) is 0.167. The third-order valence-electron chi connectivity index (χ3n) is 3.84. The van der Waals surface area contributed by atoms with E-state index < -0.39 is 11.8 Å². The average Bonchev–Trinajstić information content (AvgIpc) is 2.91. The lowest BCUT2D eigenvalue weighted by molar-refractivity contribution is 0.0595. The van der Waals surface area contributed by atoms with Gasteiger partial charge < -0.3 is 9.30 Å². The van der Waals surface area contributed by atoms with Crippen LogP contribution >= 0.6 is 11.6 Å². The molecule has 3 rings (SSSR count). The molecule has 1 aromatic heterocycles. The monoisotopic (exact) mass is 331 g/mol. The summed E-state index contributed by atoms with van der Waals surface area (Å²) in [4.78, 5) is 11.6. The van der Waals surface area contributed by atoms with Crippen molar-refractivity contribution in [3.8, 4) is 0 Å². The molecule has 0 amide bonds. The molecule has 0 aliphatic rings. The van der Waals surface area contributed by atoms with Crippen LogP contribution in [0.15, 0.2) is 42.6 Å². The largest absolute Gasteiger partial charge is 0.465 e. The number of halogens is 2. The summed E-state index contributed by atoms with van der Waals surface area (Å²) in [6.45, 7) is 2.29. The molecule has 0 bridgehead atoms. The van der Waals surface area contributed by atoms with Gasteiger partial charge in [-0.2, -0.15) is 0 Å². The van der Waals surface area contributed by atoms with Crippen molar-refractivity contribution in [2.75, 3.05) is 7.11 Å². The van der Waals surface area contributed by atoms with Crippen molar-refractivity contribution in [1.82, 2.24) is 4.57 Å². The Kier molecular flexibility index (Phi) is 4.09. The molecule has 118 valence electrons. The number of hydrogen-bond donors (Lipinski definition) is 0. The number of rotatable bonds is 3. The molecular weight excluding hydrogens is 317 g/mol. The molecule has 1 heterocycles. The minimum absolute atomic E-state index is 0.0544. The molecule has 2 aromatic carbocycles. The first kappa shape index (κ1) is 15.6. The highest BCUT2D eigenvalue weighted by molar-refractivity contribution is 6.31. The van der Waals surface area contributed by atoms with Crippen LogP contribution in [0.1, 0.15) is 21.5 Å². The summed E-state index contributed by atoms with van der Waals surface area (Å²) in [6.07, 6.45) is 1.89. The van der Waals surface area contributed by atoms with Crippen LogP contribution in [0.4, 0.5) is 4.39 Å². The number of fused-ring (bicyclic) bond motifs is 1. The van der Waals surface area contributed by atoms with Gasteiger partial charge in [-0.15, -0.1) is 0 Å². The van der Waals surface area contributed by atoms with Crippen LogP contribution in [0.2, 0.25) is 5.02 Å². The van der Waals surface area contributed by atoms with Crippen molar-refractivity contribution < 1.29 is 13.9 Å². The van der Waals surface area contributed by atoms with Gasteiger partial charge in [-0.05, 0) is 36.8 Å². The number of benzene rings is 2. The second-order valence-corrected chi connectivity index (χ2v) is 5.81. The SMILES string of the molecule is COC(=O)c1cccc(Cn2ccc3cc(Cl)cc(C)c32)c1F. The first-order chi connectivity index (χ1) is 11.0. The van der Waals surface area contributed by atoms with Gasteiger partial charge in [0.05, 0.1) is 24.7 Å². The molecule has 3 nitrogen and oxygen atoms in total. The summed E-state index contributed by atoms with van der Waals surface area (Å²) in [6, 6.07) is 10.4. The summed E-state index contributed by atoms with van der Waals surface area (Å²) in [5.74, 6) is -1.22. The maximum Gasteiger partial charge on any atom is 0.340 e. The third kappa shape index (κ3) is 2.82. The highest BCUT2D eigenvalue weighted by Crippen LogP contribution is 2.26. The molecule has 0 unspecified atom stereocenters. The van der Waals surface area contributed by atoms with E-state index in [9.17, 15) is 9.18 Å². The summed E-state index contributed by atoms with van der Waals surface area (Å²) >= 11 is 6.07. The zero-order chi connectivity index (χ0) is 16.6. The zero-order valence-corrected chi connectivity index (χ0v) is 13.5. The molecule has 0 aliphatic heterocycles. The Balaban J connectivity index is 2.05. The summed E-state index contributed by atoms with van der Waals surface area (Å²) in [7, 11) is 1.24. The van der Waals surface area contributed by atoms with Crippen LogP contribution in [-0.2, 0) is 11.3 Å². The first-order valence-corrected chi connectivity index (χ1v) is 7.49. The fourth-order valence-corrected chi connectivity index (χ4v) is 3.09. The van der Waals surface area contributed by atoms with Crippen molar-refractivity contribution in [1.29, 1.82) is 0 Å². The average molecular weight is 332 g/mol. The Morgan fingerprint density at radius 2 is 2.09 bits per heavy atom. The number of carbonyl (C=O) groups excluding carboxylic acids is 1. The number of esters is 1. The van der Waals surface area contributed by atoms with Crippen LogP contribution in [-0.4, -0.2) is 17.6 Å². The van der Waals surface area contributed by atoms with Crippen LogP contribution in [0, 0.1) is 12.7 Å². The van der Waals surface area contributed by atoms with Crippen LogP contribution in [0.3, 0.4) is 0 Å². The zero-order valence-electron chi connectivity index (χ0n) is 12.8. The standard InChI is InChI=1S/C18H15ClFNO2/c1-11-8-14(19)9-12-6-7-21(17(11)12)10-13-4-3-5-15(16(13)20)18(22)23-2/h3-9H,10H2,1-2H3. The van der Waals surface area contributed by atoms with E-state index in [1.165, 1.54) is 13.2 Å². The van der Waals surface area contributed by atoms with Crippen LogP contribution in [0.5, 0.6) is 0 Å². The van der Waals surface area contributed by atoms with E-state index in [0.29, 0.717) is 17.1 Å². The first-order valence-electron chi connectivity index (χ1n) is 7.12. The normalized spacial score (nSPS) is 11.0. The van der Waals surface area contributed by atoms with Gasteiger partial charge in [0.1, 0.15) is 5.82 Å². The van der Waals surface area contributed by atoms with Gasteiger partial charge in [-0.1, -0.05) is 23.7 Å². The Labute approximate surface area is 138 Å². The summed E-state index contributed by atoms with van der Waals surface area (Å²) in [5.41, 5.74) is 2.39. The predicted octanol–water partition coefficient (Wildman–Crippen LogP) is 4.58. The molecule has 0 spiro atoms. The van der Waals surface area contributed by atoms with Gasteiger partial charge in [0.15, 0.2) is 0 Å². The van der Waals surface area contributed by atoms with E-state index in [1.807, 2.05) is 35.9 Å². The lowest BCUT2D eigenvalue weighted by Gasteiger charge is -2.11. The maximum atomic E-state index is 14.5. The van der Waals surface area contributed by atoms with Crippen molar-refractivity contribution in [3.05, 3.63) is 70.1 Å². The molecule has 5 heteroatoms. The van der Waals surface area contributed by atoms with Gasteiger partial charge in [0.25, 0.3) is 0 Å². The van der Waals surface area contributed by atoms with Gasteiger partial charge in [0, 0.05) is 22.2 Å². The van der Waals surface area contributed by atoms with E-state index in [4.69, 9.17) is 11.6 Å². The molecular formula is C18H15ClFNO2. The quantitative estimate of drug-likeness (QED) is 0.658. The highest BCUT2D eigenvalue weighted by atomic mass is 35.5. The minimum Gasteiger partial charge on any atom is -0.465 e. The number of aryl methyl sites for hydroxylation is 1. The second kappa shape index (κ2) is 6.05. The van der Waals surface area contributed by atoms with Crippen LogP contribution < -0.4 is 0 Å². The Hall–Kier alpha value is -2.33. The second-order valence-electron chi connectivity index (χ2n) is 5.37. The molecule has 0 aliphatic carbocycles. The lowest BCUT2D eigenvalue weighted by Crippen LogP contribution is -2.09. The fourth-order valence-electron chi connectivity index (χ4n) is 2.81. The Morgan fingerprint density at radius 3 is 2.83 bits per heavy atom. The van der Waals surface area contributed by atoms with Crippen molar-refractivity contribution in [2.24, 2.45) is 0 Å².